The number of hydrogen-bond acceptors (Lipinski definition) is 5. The predicted molar refractivity (Wildman–Crippen MR) is 113 cm³/mol. The van der Waals surface area contributed by atoms with Crippen molar-refractivity contribution in [2.75, 3.05) is 14.2 Å². The van der Waals surface area contributed by atoms with Crippen LogP contribution < -0.4 is 0 Å². The molecule has 0 N–H and O–H groups in total. The van der Waals surface area contributed by atoms with E-state index in [-0.39, 0.29) is 0 Å². The van der Waals surface area contributed by atoms with Crippen molar-refractivity contribution in [1.29, 1.82) is 10.5 Å². The lowest BCUT2D eigenvalue weighted by atomic mass is 9.57. The van der Waals surface area contributed by atoms with E-state index in [1.165, 1.54) is 14.2 Å². The van der Waals surface area contributed by atoms with Crippen LogP contribution in [0.3, 0.4) is 0 Å². The molecule has 5 rings (SSSR count). The van der Waals surface area contributed by atoms with Crippen LogP contribution in [0.1, 0.15) is 22.8 Å². The Balaban J connectivity index is 1.97. The molecule has 5 nitrogen and oxygen atoms in total. The van der Waals surface area contributed by atoms with Crippen molar-refractivity contribution < 1.29 is 14.2 Å². The zero-order chi connectivity index (χ0) is 21.7. The highest BCUT2D eigenvalue weighted by molar-refractivity contribution is 5.84. The third-order valence-electron chi connectivity index (χ3n) is 6.66. The van der Waals surface area contributed by atoms with E-state index in [9.17, 15) is 10.5 Å². The van der Waals surface area contributed by atoms with E-state index in [2.05, 4.69) is 12.1 Å². The van der Waals surface area contributed by atoms with E-state index in [0.29, 0.717) is 5.56 Å². The lowest BCUT2D eigenvalue weighted by Crippen LogP contribution is -2.57. The minimum absolute atomic E-state index is 0.711. The number of nitrogens with zero attached hydrogens (tertiary/aromatic N) is 2. The molecule has 0 amide bonds. The molecule has 1 heterocycles. The maximum absolute atomic E-state index is 10.7. The lowest BCUT2D eigenvalue weighted by Gasteiger charge is -2.43. The van der Waals surface area contributed by atoms with Gasteiger partial charge in [0.1, 0.15) is 11.5 Å². The zero-order valence-electron chi connectivity index (χ0n) is 17.2. The zero-order valence-corrected chi connectivity index (χ0v) is 17.2. The summed E-state index contributed by atoms with van der Waals surface area (Å²) in [5.74, 6) is -1.69. The fourth-order valence-electron chi connectivity index (χ4n) is 5.50. The molecule has 31 heavy (non-hydrogen) atoms. The van der Waals surface area contributed by atoms with Crippen molar-refractivity contribution in [3.63, 3.8) is 0 Å². The average Bonchev–Trinajstić information content (AvgIpc) is 3.30. The van der Waals surface area contributed by atoms with Crippen LogP contribution in [0.4, 0.5) is 0 Å². The van der Waals surface area contributed by atoms with Crippen LogP contribution in [0.2, 0.25) is 0 Å². The summed E-state index contributed by atoms with van der Waals surface area (Å²) in [6.07, 6.45) is -0.900. The number of rotatable bonds is 3. The first kappa shape index (κ1) is 19.5. The molecule has 152 valence electrons. The molecule has 2 aliphatic rings. The molecule has 1 fully saturated rings. The second-order valence-electron chi connectivity index (χ2n) is 7.75. The number of ether oxygens (including phenoxy) is 3. The normalized spacial score (nSPS) is 21.1. The quantitative estimate of drug-likeness (QED) is 0.587. The summed E-state index contributed by atoms with van der Waals surface area (Å²) in [4.78, 5) is 0. The highest BCUT2D eigenvalue weighted by Gasteiger charge is 2.80. The number of methoxy groups -OCH3 is 2. The molecule has 0 saturated carbocycles. The minimum atomic E-state index is -1.69. The fraction of sp³-hybridized carbons (Fsp3) is 0.231. The molecule has 0 radical (unpaired) electrons. The fourth-order valence-corrected chi connectivity index (χ4v) is 5.50. The van der Waals surface area contributed by atoms with Crippen LogP contribution in [0.15, 0.2) is 78.9 Å². The summed E-state index contributed by atoms with van der Waals surface area (Å²) in [5.41, 5.74) is 1.14. The Kier molecular flexibility index (Phi) is 4.25. The third kappa shape index (κ3) is 2.08. The number of fused-ring (bicyclic) bond motifs is 5. The molecule has 1 aliphatic heterocycles. The third-order valence-corrected chi connectivity index (χ3v) is 6.66. The van der Waals surface area contributed by atoms with Gasteiger partial charge in [-0.05, 0) is 27.8 Å². The first-order valence-corrected chi connectivity index (χ1v) is 10.0. The number of hydrogen-bond donors (Lipinski definition) is 0. The van der Waals surface area contributed by atoms with E-state index >= 15 is 0 Å². The van der Waals surface area contributed by atoms with E-state index in [1.807, 2.05) is 78.9 Å². The molecule has 1 aliphatic carbocycles. The summed E-state index contributed by atoms with van der Waals surface area (Å²) < 4.78 is 18.4. The van der Waals surface area contributed by atoms with Crippen molar-refractivity contribution in [2.24, 2.45) is 5.41 Å². The van der Waals surface area contributed by atoms with Gasteiger partial charge >= 0.3 is 5.97 Å². The van der Waals surface area contributed by atoms with Crippen molar-refractivity contribution in [3.8, 4) is 23.3 Å². The van der Waals surface area contributed by atoms with E-state index in [0.717, 1.165) is 22.3 Å². The van der Waals surface area contributed by atoms with E-state index in [4.69, 9.17) is 14.2 Å². The number of benzene rings is 3. The van der Waals surface area contributed by atoms with Gasteiger partial charge in [-0.15, -0.1) is 0 Å². The van der Waals surface area contributed by atoms with E-state index < -0.39 is 22.9 Å². The van der Waals surface area contributed by atoms with Crippen LogP contribution in [-0.4, -0.2) is 20.2 Å². The van der Waals surface area contributed by atoms with Crippen LogP contribution in [-0.2, 0) is 19.6 Å². The van der Waals surface area contributed by atoms with Gasteiger partial charge in [0.15, 0.2) is 5.41 Å². The molecule has 3 aromatic carbocycles. The molecular weight excluding hydrogens is 388 g/mol. The van der Waals surface area contributed by atoms with Gasteiger partial charge in [-0.2, -0.15) is 10.5 Å². The van der Waals surface area contributed by atoms with Gasteiger partial charge in [0, 0.05) is 14.2 Å². The van der Waals surface area contributed by atoms with Crippen LogP contribution in [0.5, 0.6) is 0 Å². The van der Waals surface area contributed by atoms with Crippen LogP contribution in [0.25, 0.3) is 11.1 Å². The van der Waals surface area contributed by atoms with Gasteiger partial charge in [-0.25, -0.2) is 0 Å². The van der Waals surface area contributed by atoms with Gasteiger partial charge in [0.2, 0.25) is 0 Å². The lowest BCUT2D eigenvalue weighted by molar-refractivity contribution is -0.371. The Morgan fingerprint density at radius 2 is 1.23 bits per heavy atom. The van der Waals surface area contributed by atoms with Gasteiger partial charge < -0.3 is 14.2 Å². The van der Waals surface area contributed by atoms with Gasteiger partial charge in [-0.1, -0.05) is 78.9 Å². The van der Waals surface area contributed by atoms with Crippen LogP contribution in [0, 0.1) is 28.1 Å². The molecule has 1 saturated heterocycles. The molecule has 5 heteroatoms. The molecule has 0 bridgehead atoms. The second-order valence-corrected chi connectivity index (χ2v) is 7.75. The van der Waals surface area contributed by atoms with Crippen molar-refractivity contribution in [3.05, 3.63) is 95.6 Å². The predicted octanol–water partition coefficient (Wildman–Crippen LogP) is 4.70. The first-order chi connectivity index (χ1) is 15.2. The average molecular weight is 408 g/mol. The minimum Gasteiger partial charge on any atom is -0.330 e. The summed E-state index contributed by atoms with van der Waals surface area (Å²) in [5, 5.41) is 21.4. The maximum Gasteiger partial charge on any atom is 0.300 e. The Bertz CT molecular complexity index is 1180. The molecule has 0 aromatic heterocycles. The SMILES string of the molecule is COC1(OC)OC(c2ccccc2)C(C#N)(C#N)C12c1ccccc1-c1ccccc12. The number of nitriles is 2. The molecule has 1 spiro atoms. The second kappa shape index (κ2) is 6.77. The molecular formula is C26H20N2O3. The standard InChI is InChI=1S/C26H20N2O3/c1-29-26(30-2)25(21-14-8-6-12-19(21)20-13-7-9-15-22(20)25)24(16-27,17-28)23(31-26)18-10-4-3-5-11-18/h3-15,23H,1-2H3. The summed E-state index contributed by atoms with van der Waals surface area (Å²) in [6, 6.07) is 29.6. The Hall–Kier alpha value is -3.48. The molecule has 1 atom stereocenters. The van der Waals surface area contributed by atoms with Crippen molar-refractivity contribution in [1.82, 2.24) is 0 Å². The Morgan fingerprint density at radius 3 is 1.71 bits per heavy atom. The molecule has 1 unspecified atom stereocenters. The molecule has 3 aromatic rings. The Labute approximate surface area is 181 Å². The first-order valence-electron chi connectivity index (χ1n) is 10.0. The monoisotopic (exact) mass is 408 g/mol. The summed E-state index contributed by atoms with van der Waals surface area (Å²) >= 11 is 0. The van der Waals surface area contributed by atoms with Gasteiger partial charge in [0.05, 0.1) is 12.1 Å². The summed E-state index contributed by atoms with van der Waals surface area (Å²) in [7, 11) is 2.98. The van der Waals surface area contributed by atoms with Crippen molar-refractivity contribution in [2.45, 2.75) is 17.5 Å². The Morgan fingerprint density at radius 1 is 0.742 bits per heavy atom. The van der Waals surface area contributed by atoms with Crippen LogP contribution >= 0.6 is 0 Å². The smallest absolute Gasteiger partial charge is 0.300 e. The summed E-state index contributed by atoms with van der Waals surface area (Å²) in [6.45, 7) is 0. The maximum atomic E-state index is 10.7. The van der Waals surface area contributed by atoms with Gasteiger partial charge in [0.25, 0.3) is 0 Å². The highest BCUT2D eigenvalue weighted by Crippen LogP contribution is 2.71. The highest BCUT2D eigenvalue weighted by atomic mass is 16.9. The largest absolute Gasteiger partial charge is 0.330 e. The van der Waals surface area contributed by atoms with Gasteiger partial charge in [-0.3, -0.25) is 0 Å². The van der Waals surface area contributed by atoms with Crippen molar-refractivity contribution >= 4 is 0 Å². The van der Waals surface area contributed by atoms with E-state index in [1.54, 1.807) is 0 Å². The topological polar surface area (TPSA) is 75.3 Å².